The van der Waals surface area contributed by atoms with Crippen molar-refractivity contribution in [2.24, 2.45) is 5.84 Å². The molecule has 0 aromatic carbocycles. The molecule has 0 atom stereocenters. The molecule has 0 radical (unpaired) electrons. The van der Waals surface area contributed by atoms with Gasteiger partial charge in [-0.05, 0) is 18.7 Å². The minimum Gasteiger partial charge on any atom is -0.324 e. The zero-order chi connectivity index (χ0) is 12.1. The summed E-state index contributed by atoms with van der Waals surface area (Å²) >= 11 is 0. The van der Waals surface area contributed by atoms with Gasteiger partial charge in [-0.25, -0.2) is 0 Å². The number of nitrogens with zero attached hydrogens (tertiary/aromatic N) is 3. The van der Waals surface area contributed by atoms with Crippen molar-refractivity contribution in [1.29, 1.82) is 0 Å². The van der Waals surface area contributed by atoms with E-state index < -0.39 is 0 Å². The fraction of sp³-hybridized carbons (Fsp3) is 0.583. The number of nitrogens with one attached hydrogen (secondary N) is 1. The smallest absolute Gasteiger partial charge is 0.0564 e. The van der Waals surface area contributed by atoms with Gasteiger partial charge < -0.3 is 10.3 Å². The van der Waals surface area contributed by atoms with E-state index >= 15 is 0 Å². The quantitative estimate of drug-likeness (QED) is 0.588. The molecule has 17 heavy (non-hydrogen) atoms. The van der Waals surface area contributed by atoms with Crippen LogP contribution in [0.1, 0.15) is 12.6 Å². The molecular weight excluding hydrogens is 214 g/mol. The maximum atomic E-state index is 5.39. The zero-order valence-corrected chi connectivity index (χ0v) is 10.4. The van der Waals surface area contributed by atoms with Crippen LogP contribution in [0.5, 0.6) is 0 Å². The van der Waals surface area contributed by atoms with Crippen molar-refractivity contribution in [3.63, 3.8) is 0 Å². The largest absolute Gasteiger partial charge is 0.324 e. The maximum absolute atomic E-state index is 5.39. The van der Waals surface area contributed by atoms with Gasteiger partial charge in [0.25, 0.3) is 0 Å². The van der Waals surface area contributed by atoms with E-state index in [-0.39, 0.29) is 0 Å². The molecule has 94 valence electrons. The molecule has 0 saturated carbocycles. The van der Waals surface area contributed by atoms with Gasteiger partial charge in [0.1, 0.15) is 0 Å². The Kier molecular flexibility index (Phi) is 4.30. The van der Waals surface area contributed by atoms with E-state index in [1.165, 1.54) is 0 Å². The zero-order valence-electron chi connectivity index (χ0n) is 10.4. The van der Waals surface area contributed by atoms with Crippen molar-refractivity contribution in [2.45, 2.75) is 13.5 Å². The molecule has 1 fully saturated rings. The Labute approximate surface area is 103 Å². The van der Waals surface area contributed by atoms with Gasteiger partial charge in [-0.1, -0.05) is 6.92 Å². The molecule has 0 bridgehead atoms. The lowest BCUT2D eigenvalue weighted by Gasteiger charge is -2.33. The first-order valence-corrected chi connectivity index (χ1v) is 6.18. The molecule has 5 nitrogen and oxygen atoms in total. The first kappa shape index (κ1) is 12.3. The average molecular weight is 235 g/mol. The molecule has 1 aliphatic heterocycles. The molecule has 2 rings (SSSR count). The van der Waals surface area contributed by atoms with Crippen molar-refractivity contribution in [3.05, 3.63) is 24.0 Å². The minimum absolute atomic E-state index is 0.910. The van der Waals surface area contributed by atoms with Crippen LogP contribution in [0.4, 0.5) is 5.69 Å². The molecule has 1 aromatic rings. The molecule has 0 aliphatic carbocycles. The van der Waals surface area contributed by atoms with E-state index in [1.807, 2.05) is 12.1 Å². The molecule has 5 heteroatoms. The van der Waals surface area contributed by atoms with Gasteiger partial charge in [0.2, 0.25) is 0 Å². The van der Waals surface area contributed by atoms with Crippen molar-refractivity contribution < 1.29 is 0 Å². The second kappa shape index (κ2) is 5.95. The van der Waals surface area contributed by atoms with Crippen LogP contribution in [0.2, 0.25) is 0 Å². The van der Waals surface area contributed by atoms with Gasteiger partial charge in [0, 0.05) is 38.9 Å². The molecule has 1 aliphatic rings. The summed E-state index contributed by atoms with van der Waals surface area (Å²) in [4.78, 5) is 9.28. The van der Waals surface area contributed by atoms with Crippen molar-refractivity contribution >= 4 is 5.69 Å². The van der Waals surface area contributed by atoms with E-state index in [0.29, 0.717) is 0 Å². The lowest BCUT2D eigenvalue weighted by Crippen LogP contribution is -2.45. The van der Waals surface area contributed by atoms with Crippen molar-refractivity contribution in [1.82, 2.24) is 14.8 Å². The molecule has 1 aromatic heterocycles. The maximum Gasteiger partial charge on any atom is 0.0564 e. The van der Waals surface area contributed by atoms with E-state index in [9.17, 15) is 0 Å². The van der Waals surface area contributed by atoms with E-state index in [4.69, 9.17) is 5.84 Å². The Bertz CT molecular complexity index is 347. The van der Waals surface area contributed by atoms with Crippen LogP contribution in [0.25, 0.3) is 0 Å². The highest BCUT2D eigenvalue weighted by Gasteiger charge is 2.15. The Balaban J connectivity index is 1.88. The number of likely N-dealkylation sites (N-methyl/N-ethyl adjacent to an activating group) is 1. The molecule has 2 heterocycles. The molecule has 1 saturated heterocycles. The molecule has 0 spiro atoms. The summed E-state index contributed by atoms with van der Waals surface area (Å²) in [7, 11) is 0. The van der Waals surface area contributed by atoms with Gasteiger partial charge in [-0.2, -0.15) is 0 Å². The predicted molar refractivity (Wildman–Crippen MR) is 69.4 cm³/mol. The number of nitrogen functional groups attached to an aromatic ring is 1. The summed E-state index contributed by atoms with van der Waals surface area (Å²) in [5.41, 5.74) is 4.65. The number of nitrogens with two attached hydrogens (primary N) is 1. The third kappa shape index (κ3) is 3.39. The number of piperazine rings is 1. The van der Waals surface area contributed by atoms with Gasteiger partial charge in [0.15, 0.2) is 0 Å². The normalized spacial score (nSPS) is 18.2. The Morgan fingerprint density at radius 3 is 2.65 bits per heavy atom. The van der Waals surface area contributed by atoms with E-state index in [1.54, 1.807) is 6.20 Å². The van der Waals surface area contributed by atoms with Crippen LogP contribution in [-0.4, -0.2) is 47.5 Å². The van der Waals surface area contributed by atoms with Crippen LogP contribution in [0, 0.1) is 0 Å². The summed E-state index contributed by atoms with van der Waals surface area (Å²) in [6.45, 7) is 8.83. The third-order valence-corrected chi connectivity index (χ3v) is 3.28. The molecule has 0 amide bonds. The van der Waals surface area contributed by atoms with Crippen molar-refractivity contribution in [2.75, 3.05) is 38.1 Å². The lowest BCUT2D eigenvalue weighted by molar-refractivity contribution is 0.131. The van der Waals surface area contributed by atoms with Gasteiger partial charge in [0.05, 0.1) is 11.4 Å². The highest BCUT2D eigenvalue weighted by Crippen LogP contribution is 2.10. The van der Waals surface area contributed by atoms with E-state index in [0.717, 1.165) is 50.6 Å². The number of hydrazine groups is 1. The number of hydrogen-bond donors (Lipinski definition) is 2. The fourth-order valence-electron chi connectivity index (χ4n) is 2.15. The summed E-state index contributed by atoms with van der Waals surface area (Å²) in [5.74, 6) is 5.39. The van der Waals surface area contributed by atoms with E-state index in [2.05, 4.69) is 27.1 Å². The highest BCUT2D eigenvalue weighted by molar-refractivity contribution is 5.41. The van der Waals surface area contributed by atoms with Crippen LogP contribution >= 0.6 is 0 Å². The SMILES string of the molecule is CCN1CCN(Cc2cc(NN)ccn2)CC1. The second-order valence-electron chi connectivity index (χ2n) is 4.39. The Morgan fingerprint density at radius 1 is 1.29 bits per heavy atom. The number of rotatable bonds is 4. The topological polar surface area (TPSA) is 57.4 Å². The highest BCUT2D eigenvalue weighted by atomic mass is 15.3. The van der Waals surface area contributed by atoms with Crippen LogP contribution in [0.3, 0.4) is 0 Å². The first-order valence-electron chi connectivity index (χ1n) is 6.18. The number of anilines is 1. The molecule has 0 unspecified atom stereocenters. The fourth-order valence-corrected chi connectivity index (χ4v) is 2.15. The molecule has 3 N–H and O–H groups in total. The predicted octanol–water partition coefficient (Wildman–Crippen LogP) is 0.505. The Hall–Kier alpha value is -1.17. The molecular formula is C12H21N5. The Morgan fingerprint density at radius 2 is 2.00 bits per heavy atom. The average Bonchev–Trinajstić information content (AvgIpc) is 2.40. The van der Waals surface area contributed by atoms with Crippen LogP contribution in [0.15, 0.2) is 18.3 Å². The lowest BCUT2D eigenvalue weighted by atomic mass is 10.2. The minimum atomic E-state index is 0.910. The van der Waals surface area contributed by atoms with Gasteiger partial charge >= 0.3 is 0 Å². The standard InChI is InChI=1S/C12H21N5/c1-2-16-5-7-17(8-6-16)10-12-9-11(15-13)3-4-14-12/h3-4,9H,2,5-8,10,13H2,1H3,(H,14,15). The second-order valence-corrected chi connectivity index (χ2v) is 4.39. The van der Waals surface area contributed by atoms with Crippen molar-refractivity contribution in [3.8, 4) is 0 Å². The summed E-state index contributed by atoms with van der Waals surface area (Å²) < 4.78 is 0. The third-order valence-electron chi connectivity index (χ3n) is 3.28. The monoisotopic (exact) mass is 235 g/mol. The van der Waals surface area contributed by atoms with Crippen LogP contribution in [-0.2, 0) is 6.54 Å². The first-order chi connectivity index (χ1) is 8.31. The summed E-state index contributed by atoms with van der Waals surface area (Å²) in [6.07, 6.45) is 1.80. The van der Waals surface area contributed by atoms with Gasteiger partial charge in [-0.15, -0.1) is 0 Å². The summed E-state index contributed by atoms with van der Waals surface area (Å²) in [6, 6.07) is 3.88. The van der Waals surface area contributed by atoms with Gasteiger partial charge in [-0.3, -0.25) is 15.7 Å². The van der Waals surface area contributed by atoms with Crippen LogP contribution < -0.4 is 11.3 Å². The number of pyridine rings is 1. The summed E-state index contributed by atoms with van der Waals surface area (Å²) in [5, 5.41) is 0. The number of aromatic nitrogens is 1. The number of hydrogen-bond acceptors (Lipinski definition) is 5.